The van der Waals surface area contributed by atoms with E-state index in [0.717, 1.165) is 44.0 Å². The largest absolute Gasteiger partial charge is 0.379 e. The molecule has 1 heterocycles. The van der Waals surface area contributed by atoms with E-state index in [0.29, 0.717) is 25.2 Å². The van der Waals surface area contributed by atoms with E-state index in [2.05, 4.69) is 39.8 Å². The number of amides is 2. The minimum absolute atomic E-state index is 0.0122. The first-order chi connectivity index (χ1) is 15.0. The second kappa shape index (κ2) is 11.6. The van der Waals surface area contributed by atoms with Crippen LogP contribution in [0.5, 0.6) is 0 Å². The molecule has 1 aliphatic rings. The second-order valence-electron chi connectivity index (χ2n) is 7.93. The van der Waals surface area contributed by atoms with Gasteiger partial charge in [-0.05, 0) is 35.9 Å². The number of morpholine rings is 1. The van der Waals surface area contributed by atoms with Crippen molar-refractivity contribution in [2.45, 2.75) is 19.6 Å². The summed E-state index contributed by atoms with van der Waals surface area (Å²) < 4.78 is 5.39. The van der Waals surface area contributed by atoms with Crippen LogP contribution in [0.1, 0.15) is 27.0 Å². The number of nitrogens with zero attached hydrogens (tertiary/aromatic N) is 2. The maximum atomic E-state index is 12.3. The molecule has 2 N–H and O–H groups in total. The van der Waals surface area contributed by atoms with Crippen LogP contribution in [0.2, 0.25) is 0 Å². The van der Waals surface area contributed by atoms with Crippen molar-refractivity contribution in [3.05, 3.63) is 70.8 Å². The van der Waals surface area contributed by atoms with Gasteiger partial charge in [0.05, 0.1) is 19.8 Å². The van der Waals surface area contributed by atoms with Crippen molar-refractivity contribution in [1.82, 2.24) is 20.4 Å². The van der Waals surface area contributed by atoms with E-state index >= 15 is 0 Å². The zero-order chi connectivity index (χ0) is 22.1. The fraction of sp³-hybridized carbons (Fsp3) is 0.417. The van der Waals surface area contributed by atoms with E-state index in [9.17, 15) is 9.59 Å². The molecule has 0 atom stereocenters. The van der Waals surface area contributed by atoms with Crippen LogP contribution in [0.15, 0.2) is 48.5 Å². The zero-order valence-electron chi connectivity index (χ0n) is 18.4. The molecule has 7 heteroatoms. The Balaban J connectivity index is 1.39. The predicted molar refractivity (Wildman–Crippen MR) is 121 cm³/mol. The molecule has 0 bridgehead atoms. The summed E-state index contributed by atoms with van der Waals surface area (Å²) in [5.74, 6) is -0.115. The third-order valence-electron chi connectivity index (χ3n) is 5.33. The molecule has 7 nitrogen and oxygen atoms in total. The van der Waals surface area contributed by atoms with Crippen LogP contribution < -0.4 is 10.6 Å². The first-order valence-corrected chi connectivity index (χ1v) is 10.7. The molecule has 3 rings (SSSR count). The summed E-state index contributed by atoms with van der Waals surface area (Å²) in [5.41, 5.74) is 4.05. The normalized spacial score (nSPS) is 14.4. The Labute approximate surface area is 184 Å². The highest BCUT2D eigenvalue weighted by atomic mass is 16.5. The number of hydrogen-bond acceptors (Lipinski definition) is 5. The molecule has 2 amide bonds. The highest BCUT2D eigenvalue weighted by Crippen LogP contribution is 2.10. The summed E-state index contributed by atoms with van der Waals surface area (Å²) in [7, 11) is 3.52. The molecule has 0 saturated carbocycles. The number of hydrogen-bond donors (Lipinski definition) is 2. The lowest BCUT2D eigenvalue weighted by atomic mass is 10.1. The van der Waals surface area contributed by atoms with E-state index in [-0.39, 0.29) is 11.8 Å². The van der Waals surface area contributed by atoms with Gasteiger partial charge in [0.15, 0.2) is 0 Å². The van der Waals surface area contributed by atoms with Gasteiger partial charge in [0.25, 0.3) is 5.91 Å². The Morgan fingerprint density at radius 1 is 0.968 bits per heavy atom. The maximum absolute atomic E-state index is 12.3. The summed E-state index contributed by atoms with van der Waals surface area (Å²) in [4.78, 5) is 28.3. The van der Waals surface area contributed by atoms with Gasteiger partial charge in [0.2, 0.25) is 5.91 Å². The van der Waals surface area contributed by atoms with Crippen molar-refractivity contribution in [2.75, 3.05) is 46.9 Å². The number of ether oxygens (including phenoxy) is 1. The molecule has 1 saturated heterocycles. The molecule has 2 aromatic rings. The van der Waals surface area contributed by atoms with Gasteiger partial charge < -0.3 is 15.4 Å². The van der Waals surface area contributed by atoms with Crippen LogP contribution in [-0.2, 0) is 29.2 Å². The lowest BCUT2D eigenvalue weighted by Crippen LogP contribution is -2.35. The number of benzene rings is 2. The number of nitrogens with one attached hydrogen (secondary N) is 2. The first-order valence-electron chi connectivity index (χ1n) is 10.7. The summed E-state index contributed by atoms with van der Waals surface area (Å²) in [6.07, 6.45) is 0. The van der Waals surface area contributed by atoms with Gasteiger partial charge in [-0.1, -0.05) is 36.4 Å². The van der Waals surface area contributed by atoms with Crippen LogP contribution in [0.4, 0.5) is 0 Å². The van der Waals surface area contributed by atoms with Crippen molar-refractivity contribution < 1.29 is 14.3 Å². The Hall–Kier alpha value is -2.74. The topological polar surface area (TPSA) is 73.9 Å². The van der Waals surface area contributed by atoms with Crippen LogP contribution in [0.3, 0.4) is 0 Å². The SMILES string of the molecule is CNC(=O)c1ccc(CN(C)CC(=O)NCc2ccc(CN3CCOCC3)cc2)cc1. The van der Waals surface area contributed by atoms with Gasteiger partial charge in [-0.3, -0.25) is 19.4 Å². The fourth-order valence-corrected chi connectivity index (χ4v) is 3.56. The van der Waals surface area contributed by atoms with Gasteiger partial charge in [-0.25, -0.2) is 0 Å². The summed E-state index contributed by atoms with van der Waals surface area (Å²) >= 11 is 0. The summed E-state index contributed by atoms with van der Waals surface area (Å²) in [6.45, 7) is 5.97. The highest BCUT2D eigenvalue weighted by molar-refractivity contribution is 5.93. The monoisotopic (exact) mass is 424 g/mol. The average Bonchev–Trinajstić information content (AvgIpc) is 2.79. The Bertz CT molecular complexity index is 846. The minimum atomic E-state index is -0.103. The average molecular weight is 425 g/mol. The predicted octanol–water partition coefficient (Wildman–Crippen LogP) is 1.63. The van der Waals surface area contributed by atoms with Crippen molar-refractivity contribution in [3.63, 3.8) is 0 Å². The molecule has 1 fully saturated rings. The number of rotatable bonds is 9. The molecule has 0 aliphatic carbocycles. The van der Waals surface area contributed by atoms with Crippen LogP contribution in [0.25, 0.3) is 0 Å². The van der Waals surface area contributed by atoms with Crippen molar-refractivity contribution in [2.24, 2.45) is 0 Å². The molecule has 0 spiro atoms. The maximum Gasteiger partial charge on any atom is 0.251 e. The molecular weight excluding hydrogens is 392 g/mol. The third-order valence-corrected chi connectivity index (χ3v) is 5.33. The minimum Gasteiger partial charge on any atom is -0.379 e. The summed E-state index contributed by atoms with van der Waals surface area (Å²) in [5, 5.41) is 5.60. The Morgan fingerprint density at radius 2 is 1.58 bits per heavy atom. The van der Waals surface area contributed by atoms with Crippen molar-refractivity contribution in [1.29, 1.82) is 0 Å². The molecule has 2 aromatic carbocycles. The number of likely N-dealkylation sites (N-methyl/N-ethyl adjacent to an activating group) is 1. The fourth-order valence-electron chi connectivity index (χ4n) is 3.56. The van der Waals surface area contributed by atoms with E-state index in [1.54, 1.807) is 19.2 Å². The van der Waals surface area contributed by atoms with Crippen molar-refractivity contribution >= 4 is 11.8 Å². The lowest BCUT2D eigenvalue weighted by Gasteiger charge is -2.26. The van der Waals surface area contributed by atoms with E-state index < -0.39 is 0 Å². The molecule has 166 valence electrons. The van der Waals surface area contributed by atoms with Gasteiger partial charge in [-0.15, -0.1) is 0 Å². The molecule has 31 heavy (non-hydrogen) atoms. The van der Waals surface area contributed by atoms with E-state index in [1.807, 2.05) is 24.1 Å². The smallest absolute Gasteiger partial charge is 0.251 e. The Morgan fingerprint density at radius 3 is 2.23 bits per heavy atom. The van der Waals surface area contributed by atoms with Crippen molar-refractivity contribution in [3.8, 4) is 0 Å². The van der Waals surface area contributed by atoms with Crippen LogP contribution >= 0.6 is 0 Å². The number of carbonyl (C=O) groups excluding carboxylic acids is 2. The molecule has 0 radical (unpaired) electrons. The Kier molecular flexibility index (Phi) is 8.58. The van der Waals surface area contributed by atoms with Gasteiger partial charge >= 0.3 is 0 Å². The highest BCUT2D eigenvalue weighted by Gasteiger charge is 2.11. The quantitative estimate of drug-likeness (QED) is 0.640. The van der Waals surface area contributed by atoms with Gasteiger partial charge in [-0.2, -0.15) is 0 Å². The van der Waals surface area contributed by atoms with E-state index in [1.165, 1.54) is 5.56 Å². The van der Waals surface area contributed by atoms with Gasteiger partial charge in [0.1, 0.15) is 0 Å². The molecule has 0 aromatic heterocycles. The van der Waals surface area contributed by atoms with E-state index in [4.69, 9.17) is 4.74 Å². The van der Waals surface area contributed by atoms with Crippen LogP contribution in [0, 0.1) is 0 Å². The molecule has 1 aliphatic heterocycles. The van der Waals surface area contributed by atoms with Gasteiger partial charge in [0, 0.05) is 45.3 Å². The first kappa shape index (κ1) is 22.9. The summed E-state index contributed by atoms with van der Waals surface area (Å²) in [6, 6.07) is 15.8. The van der Waals surface area contributed by atoms with Crippen LogP contribution in [-0.4, -0.2) is 68.6 Å². The number of carbonyl (C=O) groups is 2. The second-order valence-corrected chi connectivity index (χ2v) is 7.93. The standard InChI is InChI=1S/C24H32N4O3/c1-25-24(30)22-9-7-20(8-10-22)16-27(2)18-23(29)26-15-19-3-5-21(6-4-19)17-28-11-13-31-14-12-28/h3-10H,11-18H2,1-2H3,(H,25,30)(H,26,29). The third kappa shape index (κ3) is 7.47. The molecule has 0 unspecified atom stereocenters. The zero-order valence-corrected chi connectivity index (χ0v) is 18.4. The lowest BCUT2D eigenvalue weighted by molar-refractivity contribution is -0.122. The molecular formula is C24H32N4O3.